The van der Waals surface area contributed by atoms with Gasteiger partial charge in [-0.1, -0.05) is 36.4 Å². The van der Waals surface area contributed by atoms with Crippen LogP contribution in [0.15, 0.2) is 36.5 Å². The average Bonchev–Trinajstić information content (AvgIpc) is 3.01. The molecule has 3 aromatic rings. The van der Waals surface area contributed by atoms with E-state index >= 15 is 0 Å². The molecule has 1 aromatic carbocycles. The van der Waals surface area contributed by atoms with E-state index in [2.05, 4.69) is 57.4 Å². The minimum Gasteiger partial charge on any atom is -0.357 e. The lowest BCUT2D eigenvalue weighted by Crippen LogP contribution is -2.38. The van der Waals surface area contributed by atoms with E-state index in [0.717, 1.165) is 17.8 Å². The summed E-state index contributed by atoms with van der Waals surface area (Å²) >= 11 is 0. The van der Waals surface area contributed by atoms with Gasteiger partial charge in [0.15, 0.2) is 0 Å². The molecule has 5 rings (SSSR count). The van der Waals surface area contributed by atoms with E-state index in [1.807, 2.05) is 13.1 Å². The second-order valence-electron chi connectivity index (χ2n) is 7.43. The van der Waals surface area contributed by atoms with E-state index in [0.29, 0.717) is 5.92 Å². The van der Waals surface area contributed by atoms with Gasteiger partial charge in [-0.25, -0.2) is 0 Å². The highest BCUT2D eigenvalue weighted by molar-refractivity contribution is 5.93. The lowest BCUT2D eigenvalue weighted by atomic mass is 9.88. The lowest BCUT2D eigenvalue weighted by Gasteiger charge is -2.37. The Bertz CT molecular complexity index is 949. The molecule has 0 amide bonds. The minimum atomic E-state index is 0.683. The number of benzene rings is 1. The Hall–Kier alpha value is -2.39. The summed E-state index contributed by atoms with van der Waals surface area (Å²) in [6, 6.07) is 10.8. The molecular weight excluding hydrogens is 306 g/mol. The third-order valence-corrected chi connectivity index (χ3v) is 5.69. The zero-order chi connectivity index (χ0) is 16.8. The summed E-state index contributed by atoms with van der Waals surface area (Å²) in [4.78, 5) is 10.8. The van der Waals surface area contributed by atoms with Gasteiger partial charge in [-0.3, -0.25) is 9.88 Å². The van der Waals surface area contributed by atoms with Crippen LogP contribution in [-0.4, -0.2) is 28.0 Å². The van der Waals surface area contributed by atoms with Crippen molar-refractivity contribution in [3.63, 3.8) is 0 Å². The molecule has 2 unspecified atom stereocenters. The predicted molar refractivity (Wildman–Crippen MR) is 103 cm³/mol. The quantitative estimate of drug-likeness (QED) is 0.737. The van der Waals surface area contributed by atoms with Crippen molar-refractivity contribution in [2.45, 2.75) is 32.2 Å². The molecular formula is C22H23N3. The summed E-state index contributed by atoms with van der Waals surface area (Å²) in [7, 11) is 0. The van der Waals surface area contributed by atoms with Gasteiger partial charge in [0.1, 0.15) is 0 Å². The maximum Gasteiger partial charge on any atom is 0.0533 e. The maximum atomic E-state index is 4.38. The number of rotatable bonds is 2. The Morgan fingerprint density at radius 2 is 2.16 bits per heavy atom. The van der Waals surface area contributed by atoms with E-state index in [4.69, 9.17) is 0 Å². The number of aromatic nitrogens is 2. The fourth-order valence-corrected chi connectivity index (χ4v) is 4.40. The summed E-state index contributed by atoms with van der Waals surface area (Å²) in [6.45, 7) is 5.59. The molecule has 126 valence electrons. The highest BCUT2D eigenvalue weighted by Crippen LogP contribution is 2.39. The first-order valence-corrected chi connectivity index (χ1v) is 9.24. The molecule has 0 spiro atoms. The second-order valence-corrected chi connectivity index (χ2v) is 7.43. The number of para-hydroxylation sites is 1. The van der Waals surface area contributed by atoms with E-state index < -0.39 is 0 Å². The van der Waals surface area contributed by atoms with Crippen molar-refractivity contribution in [3.8, 4) is 0 Å². The topological polar surface area (TPSA) is 31.9 Å². The molecule has 1 N–H and O–H groups in total. The predicted octanol–water partition coefficient (Wildman–Crippen LogP) is 4.73. The number of piperidine rings is 1. The number of hydrogen-bond donors (Lipinski definition) is 1. The summed E-state index contributed by atoms with van der Waals surface area (Å²) in [6.07, 6.45) is 8.94. The zero-order valence-corrected chi connectivity index (χ0v) is 14.6. The third kappa shape index (κ3) is 2.59. The molecule has 2 aliphatic heterocycles. The molecule has 0 aliphatic carbocycles. The van der Waals surface area contributed by atoms with Crippen LogP contribution in [0.25, 0.3) is 23.1 Å². The Kier molecular flexibility index (Phi) is 3.49. The highest BCUT2D eigenvalue weighted by atomic mass is 15.1. The molecule has 3 nitrogen and oxygen atoms in total. The van der Waals surface area contributed by atoms with Crippen LogP contribution in [0.5, 0.6) is 0 Å². The summed E-state index contributed by atoms with van der Waals surface area (Å²) in [5, 5.41) is 1.40. The number of aromatic amines is 1. The third-order valence-electron chi connectivity index (χ3n) is 5.69. The van der Waals surface area contributed by atoms with Gasteiger partial charge in [0.05, 0.1) is 5.52 Å². The van der Waals surface area contributed by atoms with E-state index in [-0.39, 0.29) is 0 Å². The molecule has 2 bridgehead atoms. The van der Waals surface area contributed by atoms with Crippen LogP contribution in [0.2, 0.25) is 0 Å². The molecule has 2 aliphatic rings. The van der Waals surface area contributed by atoms with E-state index in [9.17, 15) is 0 Å². The van der Waals surface area contributed by atoms with Crippen molar-refractivity contribution < 1.29 is 0 Å². The van der Waals surface area contributed by atoms with Crippen molar-refractivity contribution in [2.75, 3.05) is 13.1 Å². The van der Waals surface area contributed by atoms with Crippen LogP contribution in [0, 0.1) is 6.92 Å². The van der Waals surface area contributed by atoms with Crippen LogP contribution >= 0.6 is 0 Å². The van der Waals surface area contributed by atoms with Gasteiger partial charge >= 0.3 is 0 Å². The van der Waals surface area contributed by atoms with Crippen LogP contribution in [-0.2, 0) is 6.54 Å². The number of aryl methyl sites for hydroxylation is 1. The first-order valence-electron chi connectivity index (χ1n) is 9.24. The van der Waals surface area contributed by atoms with Gasteiger partial charge in [0, 0.05) is 42.0 Å². The average molecular weight is 329 g/mol. The molecule has 2 aromatic heterocycles. The van der Waals surface area contributed by atoms with Crippen molar-refractivity contribution in [3.05, 3.63) is 64.6 Å². The zero-order valence-electron chi connectivity index (χ0n) is 14.6. The standard InChI is InChI=1S/C22H23N3/c1-15-7-8-16(12-23-15)9-10-17-4-2-6-19-20-14-25-11-3-5-18(13-25)22(20)24-21(17)19/h2,4,6-10,12,18,24H,3,5,11,13-14H2,1H3. The molecule has 0 saturated carbocycles. The van der Waals surface area contributed by atoms with Gasteiger partial charge in [-0.15, -0.1) is 0 Å². The van der Waals surface area contributed by atoms with Gasteiger partial charge in [0.2, 0.25) is 0 Å². The molecule has 1 fully saturated rings. The highest BCUT2D eigenvalue weighted by Gasteiger charge is 2.31. The van der Waals surface area contributed by atoms with Crippen molar-refractivity contribution in [1.82, 2.24) is 14.9 Å². The van der Waals surface area contributed by atoms with Gasteiger partial charge < -0.3 is 4.98 Å². The normalized spacial score (nSPS) is 22.4. The summed E-state index contributed by atoms with van der Waals surface area (Å²) in [5.41, 5.74) is 7.76. The number of fused-ring (bicyclic) bond motifs is 6. The second kappa shape index (κ2) is 5.85. The summed E-state index contributed by atoms with van der Waals surface area (Å²) < 4.78 is 0. The van der Waals surface area contributed by atoms with Crippen LogP contribution in [0.3, 0.4) is 0 Å². The van der Waals surface area contributed by atoms with E-state index in [1.165, 1.54) is 53.7 Å². The van der Waals surface area contributed by atoms with Crippen LogP contribution < -0.4 is 0 Å². The fraction of sp³-hybridized carbons (Fsp3) is 0.318. The van der Waals surface area contributed by atoms with Crippen LogP contribution in [0.1, 0.15) is 46.8 Å². The fourth-order valence-electron chi connectivity index (χ4n) is 4.40. The lowest BCUT2D eigenvalue weighted by molar-refractivity contribution is 0.181. The van der Waals surface area contributed by atoms with Crippen molar-refractivity contribution in [2.24, 2.45) is 0 Å². The number of nitrogens with zero attached hydrogens (tertiary/aromatic N) is 2. The Morgan fingerprint density at radius 3 is 3.04 bits per heavy atom. The number of pyridine rings is 1. The Balaban J connectivity index is 1.57. The Morgan fingerprint density at radius 1 is 1.20 bits per heavy atom. The van der Waals surface area contributed by atoms with E-state index in [1.54, 1.807) is 0 Å². The first-order chi connectivity index (χ1) is 12.3. The van der Waals surface area contributed by atoms with Gasteiger partial charge in [0.25, 0.3) is 0 Å². The summed E-state index contributed by atoms with van der Waals surface area (Å²) in [5.74, 6) is 0.683. The molecule has 1 saturated heterocycles. The first kappa shape index (κ1) is 14.9. The van der Waals surface area contributed by atoms with Gasteiger partial charge in [-0.05, 0) is 49.1 Å². The number of H-pyrrole nitrogens is 1. The monoisotopic (exact) mass is 329 g/mol. The smallest absolute Gasteiger partial charge is 0.0533 e. The SMILES string of the molecule is Cc1ccc(C=Cc2cccc3c4c([nH]c23)C2CCCN(C4)C2)cn1. The van der Waals surface area contributed by atoms with Gasteiger partial charge in [-0.2, -0.15) is 0 Å². The van der Waals surface area contributed by atoms with Crippen molar-refractivity contribution in [1.29, 1.82) is 0 Å². The number of hydrogen-bond acceptors (Lipinski definition) is 2. The number of nitrogens with one attached hydrogen (secondary N) is 1. The Labute approximate surface area is 148 Å². The van der Waals surface area contributed by atoms with Crippen molar-refractivity contribution >= 4 is 23.1 Å². The minimum absolute atomic E-state index is 0.683. The molecule has 3 heteroatoms. The molecule has 2 atom stereocenters. The molecule has 0 radical (unpaired) electrons. The molecule has 25 heavy (non-hydrogen) atoms. The maximum absolute atomic E-state index is 4.38. The largest absolute Gasteiger partial charge is 0.357 e. The molecule has 4 heterocycles. The van der Waals surface area contributed by atoms with Crippen LogP contribution in [0.4, 0.5) is 0 Å².